The maximum Gasteiger partial charge on any atom is 0.418 e. The number of thiocarbonyl (C=S) groups is 1. The number of hydrogen-bond acceptors (Lipinski definition) is 1. The molecule has 146 valence electrons. The van der Waals surface area contributed by atoms with Crippen molar-refractivity contribution in [3.05, 3.63) is 65.2 Å². The Morgan fingerprint density at radius 1 is 0.963 bits per heavy atom. The molecule has 0 aliphatic rings. The van der Waals surface area contributed by atoms with E-state index in [1.54, 1.807) is 6.07 Å². The van der Waals surface area contributed by atoms with E-state index >= 15 is 0 Å². The summed E-state index contributed by atoms with van der Waals surface area (Å²) in [4.78, 5) is 0. The van der Waals surface area contributed by atoms with Crippen LogP contribution in [0.2, 0.25) is 0 Å². The summed E-state index contributed by atoms with van der Waals surface area (Å²) < 4.78 is 39.4. The van der Waals surface area contributed by atoms with Crippen molar-refractivity contribution in [1.82, 2.24) is 5.32 Å². The van der Waals surface area contributed by atoms with Gasteiger partial charge in [0.15, 0.2) is 5.11 Å². The summed E-state index contributed by atoms with van der Waals surface area (Å²) >= 11 is 5.26. The normalized spacial score (nSPS) is 13.7. The molecule has 2 aromatic carbocycles. The minimum atomic E-state index is -4.44. The Morgan fingerprint density at radius 2 is 1.56 bits per heavy atom. The summed E-state index contributed by atoms with van der Waals surface area (Å²) in [7, 11) is 0. The van der Waals surface area contributed by atoms with Crippen molar-refractivity contribution in [3.8, 4) is 0 Å². The third-order valence-electron chi connectivity index (χ3n) is 4.71. The van der Waals surface area contributed by atoms with Crippen LogP contribution >= 0.6 is 12.2 Å². The van der Waals surface area contributed by atoms with Crippen LogP contribution in [0.1, 0.15) is 62.3 Å². The predicted octanol–water partition coefficient (Wildman–Crippen LogP) is 6.66. The van der Waals surface area contributed by atoms with E-state index in [0.717, 1.165) is 24.5 Å². The van der Waals surface area contributed by atoms with Crippen molar-refractivity contribution in [2.45, 2.75) is 51.7 Å². The van der Waals surface area contributed by atoms with E-state index in [-0.39, 0.29) is 16.8 Å². The Hall–Kier alpha value is -2.08. The van der Waals surface area contributed by atoms with Gasteiger partial charge in [-0.25, -0.2) is 0 Å². The molecule has 27 heavy (non-hydrogen) atoms. The molecule has 2 rings (SSSR count). The van der Waals surface area contributed by atoms with Crippen molar-refractivity contribution in [3.63, 3.8) is 0 Å². The van der Waals surface area contributed by atoms with E-state index in [1.165, 1.54) is 17.7 Å². The molecule has 2 atom stereocenters. The van der Waals surface area contributed by atoms with Gasteiger partial charge in [0, 0.05) is 0 Å². The van der Waals surface area contributed by atoms with Crippen LogP contribution in [0.4, 0.5) is 18.9 Å². The van der Waals surface area contributed by atoms with E-state index in [4.69, 9.17) is 12.2 Å². The summed E-state index contributed by atoms with van der Waals surface area (Å²) in [6, 6.07) is 13.5. The molecule has 0 radical (unpaired) electrons. The second kappa shape index (κ2) is 9.22. The van der Waals surface area contributed by atoms with Crippen molar-refractivity contribution in [2.24, 2.45) is 0 Å². The highest BCUT2D eigenvalue weighted by Crippen LogP contribution is 2.34. The summed E-state index contributed by atoms with van der Waals surface area (Å²) in [5.41, 5.74) is 1.54. The fraction of sp³-hybridized carbons (Fsp3) is 0.381. The van der Waals surface area contributed by atoms with Gasteiger partial charge in [-0.1, -0.05) is 57.2 Å². The molecule has 0 saturated carbocycles. The van der Waals surface area contributed by atoms with Crippen LogP contribution in [0.25, 0.3) is 0 Å². The minimum absolute atomic E-state index is 0.0514. The van der Waals surface area contributed by atoms with Gasteiger partial charge in [-0.15, -0.1) is 0 Å². The van der Waals surface area contributed by atoms with Gasteiger partial charge in [0.2, 0.25) is 0 Å². The van der Waals surface area contributed by atoms with Crippen molar-refractivity contribution in [1.29, 1.82) is 0 Å². The number of halogens is 3. The van der Waals surface area contributed by atoms with Crippen LogP contribution in [0, 0.1) is 0 Å². The van der Waals surface area contributed by atoms with Crippen LogP contribution in [-0.4, -0.2) is 5.11 Å². The number of anilines is 1. The third-order valence-corrected chi connectivity index (χ3v) is 4.93. The van der Waals surface area contributed by atoms with Gasteiger partial charge in [0.25, 0.3) is 0 Å². The highest BCUT2D eigenvalue weighted by Gasteiger charge is 2.33. The zero-order valence-electron chi connectivity index (χ0n) is 15.7. The van der Waals surface area contributed by atoms with Crippen molar-refractivity contribution >= 4 is 23.0 Å². The molecule has 2 unspecified atom stereocenters. The lowest BCUT2D eigenvalue weighted by atomic mass is 9.95. The van der Waals surface area contributed by atoms with Gasteiger partial charge in [-0.05, 0) is 54.2 Å². The molecular formula is C21H25F3N2S. The summed E-state index contributed by atoms with van der Waals surface area (Å²) in [6.07, 6.45) is -2.61. The lowest BCUT2D eigenvalue weighted by molar-refractivity contribution is -0.136. The predicted molar refractivity (Wildman–Crippen MR) is 109 cm³/mol. The first-order chi connectivity index (χ1) is 12.8. The molecule has 0 aromatic heterocycles. The highest BCUT2D eigenvalue weighted by atomic mass is 32.1. The zero-order valence-corrected chi connectivity index (χ0v) is 16.5. The maximum absolute atomic E-state index is 13.1. The summed E-state index contributed by atoms with van der Waals surface area (Å²) in [5.74, 6) is 0.494. The van der Waals surface area contributed by atoms with E-state index in [1.807, 2.05) is 6.92 Å². The number of para-hydroxylation sites is 1. The van der Waals surface area contributed by atoms with E-state index in [2.05, 4.69) is 48.7 Å². The number of nitrogens with one attached hydrogen (secondary N) is 2. The molecule has 2 aromatic rings. The number of benzene rings is 2. The zero-order chi connectivity index (χ0) is 20.0. The Labute approximate surface area is 164 Å². The molecule has 0 heterocycles. The molecule has 0 bridgehead atoms. The van der Waals surface area contributed by atoms with Gasteiger partial charge in [-0.3, -0.25) is 0 Å². The summed E-state index contributed by atoms with van der Waals surface area (Å²) in [5, 5.41) is 5.99. The average Bonchev–Trinajstić information content (AvgIpc) is 2.65. The first-order valence-corrected chi connectivity index (χ1v) is 9.50. The van der Waals surface area contributed by atoms with Crippen molar-refractivity contribution in [2.75, 3.05) is 5.32 Å². The Bertz CT molecular complexity index is 757. The van der Waals surface area contributed by atoms with Gasteiger partial charge < -0.3 is 10.6 Å². The smallest absolute Gasteiger partial charge is 0.356 e. The topological polar surface area (TPSA) is 24.1 Å². The largest absolute Gasteiger partial charge is 0.418 e. The van der Waals surface area contributed by atoms with Crippen LogP contribution in [-0.2, 0) is 6.18 Å². The van der Waals surface area contributed by atoms with E-state index < -0.39 is 11.7 Å². The Morgan fingerprint density at radius 3 is 2.11 bits per heavy atom. The molecule has 0 fully saturated rings. The molecule has 0 aliphatic carbocycles. The lowest BCUT2D eigenvalue weighted by Gasteiger charge is -2.22. The number of rotatable bonds is 6. The quantitative estimate of drug-likeness (QED) is 0.536. The summed E-state index contributed by atoms with van der Waals surface area (Å²) in [6.45, 7) is 6.34. The van der Waals surface area contributed by atoms with E-state index in [9.17, 15) is 13.2 Å². The second-order valence-electron chi connectivity index (χ2n) is 6.58. The highest BCUT2D eigenvalue weighted by molar-refractivity contribution is 7.80. The monoisotopic (exact) mass is 394 g/mol. The Balaban J connectivity index is 2.10. The molecule has 0 saturated heterocycles. The molecule has 6 heteroatoms. The average molecular weight is 395 g/mol. The molecular weight excluding hydrogens is 369 g/mol. The molecule has 0 amide bonds. The number of alkyl halides is 3. The van der Waals surface area contributed by atoms with Gasteiger partial charge in [0.05, 0.1) is 17.3 Å². The van der Waals surface area contributed by atoms with E-state index in [0.29, 0.717) is 5.92 Å². The van der Waals surface area contributed by atoms with Crippen molar-refractivity contribution < 1.29 is 13.2 Å². The Kier molecular flexibility index (Phi) is 7.25. The van der Waals surface area contributed by atoms with Gasteiger partial charge >= 0.3 is 6.18 Å². The molecule has 2 nitrogen and oxygen atoms in total. The van der Waals surface area contributed by atoms with Crippen LogP contribution in [0.15, 0.2) is 48.5 Å². The lowest BCUT2D eigenvalue weighted by Crippen LogP contribution is -2.32. The first-order valence-electron chi connectivity index (χ1n) is 9.09. The van der Waals surface area contributed by atoms with Crippen LogP contribution < -0.4 is 10.6 Å². The fourth-order valence-corrected chi connectivity index (χ4v) is 3.12. The van der Waals surface area contributed by atoms with Gasteiger partial charge in [-0.2, -0.15) is 13.2 Å². The molecule has 0 spiro atoms. The first kappa shape index (κ1) is 21.2. The second-order valence-corrected chi connectivity index (χ2v) is 6.99. The third kappa shape index (κ3) is 5.70. The number of hydrogen-bond donors (Lipinski definition) is 2. The standard InChI is InChI=1S/C21H25F3N2S/c1-4-14(3)15-10-12-16(13-11-15)18(5-2)25-20(27)26-19-9-7-6-8-17(19)21(22,23)24/h6-14,18H,4-5H2,1-3H3,(H2,25,26,27). The van der Waals surface area contributed by atoms with Crippen LogP contribution in [0.5, 0.6) is 0 Å². The van der Waals surface area contributed by atoms with Gasteiger partial charge in [0.1, 0.15) is 0 Å². The fourth-order valence-electron chi connectivity index (χ4n) is 2.87. The SMILES string of the molecule is CCC(C)c1ccc(C(CC)NC(=S)Nc2ccccc2C(F)(F)F)cc1. The van der Waals surface area contributed by atoms with Crippen LogP contribution in [0.3, 0.4) is 0 Å². The molecule has 0 aliphatic heterocycles. The maximum atomic E-state index is 13.1. The minimum Gasteiger partial charge on any atom is -0.356 e. The molecule has 2 N–H and O–H groups in total.